The average molecular weight is 306 g/mol. The number of β-lactam (4-membered cyclic amide) rings is 1. The third kappa shape index (κ3) is 3.16. The molecule has 0 saturated carbocycles. The fourth-order valence-electron chi connectivity index (χ4n) is 2.73. The van der Waals surface area contributed by atoms with Crippen LogP contribution in [-0.4, -0.2) is 23.9 Å². The normalized spacial score (nSPS) is 20.4. The fraction of sp³-hybridized carbons (Fsp3) is 0.158. The van der Waals surface area contributed by atoms with Crippen molar-refractivity contribution in [3.8, 4) is 0 Å². The van der Waals surface area contributed by atoms with E-state index in [0.29, 0.717) is 0 Å². The van der Waals surface area contributed by atoms with E-state index in [1.807, 2.05) is 72.8 Å². The highest BCUT2D eigenvalue weighted by Crippen LogP contribution is 2.29. The molecule has 1 aliphatic rings. The fourth-order valence-corrected chi connectivity index (χ4v) is 2.73. The minimum atomic E-state index is -0.507. The van der Waals surface area contributed by atoms with Crippen LogP contribution in [0.4, 0.5) is 5.69 Å². The first kappa shape index (κ1) is 15.0. The molecule has 0 aromatic heterocycles. The van der Waals surface area contributed by atoms with E-state index >= 15 is 0 Å². The van der Waals surface area contributed by atoms with E-state index in [1.54, 1.807) is 4.90 Å². The van der Waals surface area contributed by atoms with Crippen LogP contribution in [0.15, 0.2) is 66.7 Å². The van der Waals surface area contributed by atoms with Gasteiger partial charge in [0, 0.05) is 12.6 Å². The highest BCUT2D eigenvalue weighted by atomic mass is 16.2. The molecule has 1 fully saturated rings. The average Bonchev–Trinajstić information content (AvgIpc) is 2.58. The van der Waals surface area contributed by atoms with E-state index < -0.39 is 6.04 Å². The van der Waals surface area contributed by atoms with Crippen LogP contribution < -0.4 is 10.2 Å². The van der Waals surface area contributed by atoms with Crippen molar-refractivity contribution in [1.82, 2.24) is 5.32 Å². The Kier molecular flexibility index (Phi) is 4.24. The van der Waals surface area contributed by atoms with E-state index in [1.165, 1.54) is 6.92 Å². The Morgan fingerprint density at radius 1 is 1.04 bits per heavy atom. The molecule has 1 aliphatic heterocycles. The summed E-state index contributed by atoms with van der Waals surface area (Å²) in [5.41, 5.74) is 1.89. The number of anilines is 1. The lowest BCUT2D eigenvalue weighted by atomic mass is 9.92. The second kappa shape index (κ2) is 6.48. The molecule has 0 spiro atoms. The Bertz CT molecular complexity index is 726. The first-order valence-corrected chi connectivity index (χ1v) is 7.55. The maximum absolute atomic E-state index is 12.4. The Labute approximate surface area is 135 Å². The summed E-state index contributed by atoms with van der Waals surface area (Å²) < 4.78 is 0. The van der Waals surface area contributed by atoms with E-state index in [4.69, 9.17) is 0 Å². The lowest BCUT2D eigenvalue weighted by Crippen LogP contribution is -2.70. The van der Waals surface area contributed by atoms with Crippen molar-refractivity contribution in [2.75, 3.05) is 4.90 Å². The van der Waals surface area contributed by atoms with Crippen LogP contribution in [0.5, 0.6) is 0 Å². The molecule has 4 heteroatoms. The number of nitrogens with zero attached hydrogens (tertiary/aromatic N) is 1. The molecular weight excluding hydrogens is 288 g/mol. The molecule has 1 saturated heterocycles. The lowest BCUT2D eigenvalue weighted by Gasteiger charge is -2.45. The van der Waals surface area contributed by atoms with Crippen molar-refractivity contribution in [2.24, 2.45) is 0 Å². The second-order valence-electron chi connectivity index (χ2n) is 5.48. The number of hydrogen-bond acceptors (Lipinski definition) is 2. The number of carbonyl (C=O) groups excluding carboxylic acids is 2. The topological polar surface area (TPSA) is 49.4 Å². The minimum absolute atomic E-state index is 0.0888. The van der Waals surface area contributed by atoms with Gasteiger partial charge in [0.15, 0.2) is 0 Å². The Morgan fingerprint density at radius 2 is 1.65 bits per heavy atom. The van der Waals surface area contributed by atoms with Gasteiger partial charge in [0.05, 0.1) is 6.04 Å². The Balaban J connectivity index is 1.86. The molecule has 1 N–H and O–H groups in total. The molecule has 2 aromatic carbocycles. The van der Waals surface area contributed by atoms with Crippen molar-refractivity contribution in [2.45, 2.75) is 19.0 Å². The summed E-state index contributed by atoms with van der Waals surface area (Å²) in [4.78, 5) is 25.5. The van der Waals surface area contributed by atoms with E-state index in [9.17, 15) is 9.59 Å². The number of amides is 2. The van der Waals surface area contributed by atoms with Crippen LogP contribution >= 0.6 is 0 Å². The predicted molar refractivity (Wildman–Crippen MR) is 90.8 cm³/mol. The summed E-state index contributed by atoms with van der Waals surface area (Å²) in [5, 5.41) is 2.73. The van der Waals surface area contributed by atoms with Gasteiger partial charge in [-0.25, -0.2) is 0 Å². The SMILES string of the molecule is CC(=O)N[C@@H]1C(=O)N(c2ccccc2)[C@@H]1/C=C/c1ccccc1. The summed E-state index contributed by atoms with van der Waals surface area (Å²) >= 11 is 0. The van der Waals surface area contributed by atoms with Crippen LogP contribution in [0, 0.1) is 0 Å². The van der Waals surface area contributed by atoms with Crippen LogP contribution in [0.2, 0.25) is 0 Å². The number of benzene rings is 2. The first-order chi connectivity index (χ1) is 11.2. The van der Waals surface area contributed by atoms with E-state index in [-0.39, 0.29) is 17.9 Å². The smallest absolute Gasteiger partial charge is 0.252 e. The molecule has 2 aromatic rings. The van der Waals surface area contributed by atoms with Gasteiger partial charge in [-0.2, -0.15) is 0 Å². The molecule has 0 aliphatic carbocycles. The summed E-state index contributed by atoms with van der Waals surface area (Å²) in [6.07, 6.45) is 3.94. The summed E-state index contributed by atoms with van der Waals surface area (Å²) in [6.45, 7) is 1.43. The Morgan fingerprint density at radius 3 is 2.26 bits per heavy atom. The highest BCUT2D eigenvalue weighted by molar-refractivity contribution is 6.08. The monoisotopic (exact) mass is 306 g/mol. The lowest BCUT2D eigenvalue weighted by molar-refractivity contribution is -0.131. The predicted octanol–water partition coefficient (Wildman–Crippen LogP) is 2.62. The maximum Gasteiger partial charge on any atom is 0.252 e. The number of carbonyl (C=O) groups is 2. The number of nitrogens with one attached hydrogen (secondary N) is 1. The summed E-state index contributed by atoms with van der Waals surface area (Å²) in [7, 11) is 0. The van der Waals surface area contributed by atoms with E-state index in [2.05, 4.69) is 5.32 Å². The van der Waals surface area contributed by atoms with Gasteiger partial charge in [0.2, 0.25) is 5.91 Å². The maximum atomic E-state index is 12.4. The van der Waals surface area contributed by atoms with Gasteiger partial charge in [0.1, 0.15) is 6.04 Å². The zero-order chi connectivity index (χ0) is 16.2. The van der Waals surface area contributed by atoms with Crippen molar-refractivity contribution < 1.29 is 9.59 Å². The van der Waals surface area contributed by atoms with E-state index in [0.717, 1.165) is 11.3 Å². The molecule has 4 nitrogen and oxygen atoms in total. The molecular formula is C19H18N2O2. The zero-order valence-electron chi connectivity index (χ0n) is 12.8. The van der Waals surface area contributed by atoms with Gasteiger partial charge in [-0.15, -0.1) is 0 Å². The van der Waals surface area contributed by atoms with Gasteiger partial charge < -0.3 is 10.2 Å². The molecule has 116 valence electrons. The standard InChI is InChI=1S/C19H18N2O2/c1-14(22)20-18-17(13-12-15-8-4-2-5-9-15)21(19(18)23)16-10-6-3-7-11-16/h2-13,17-18H,1H3,(H,20,22)/b13-12+/t17-,18+/m1/s1. The molecule has 23 heavy (non-hydrogen) atoms. The highest BCUT2D eigenvalue weighted by Gasteiger charge is 2.47. The van der Waals surface area contributed by atoms with Gasteiger partial charge in [-0.1, -0.05) is 60.7 Å². The minimum Gasteiger partial charge on any atom is -0.342 e. The summed E-state index contributed by atoms with van der Waals surface area (Å²) in [5.74, 6) is -0.289. The van der Waals surface area contributed by atoms with Gasteiger partial charge >= 0.3 is 0 Å². The Hall–Kier alpha value is -2.88. The van der Waals surface area contributed by atoms with Crippen molar-refractivity contribution in [3.63, 3.8) is 0 Å². The quantitative estimate of drug-likeness (QED) is 0.883. The molecule has 0 radical (unpaired) electrons. The number of rotatable bonds is 4. The molecule has 1 heterocycles. The zero-order valence-corrected chi connectivity index (χ0v) is 12.8. The van der Waals surface area contributed by atoms with Crippen molar-refractivity contribution >= 4 is 23.6 Å². The van der Waals surface area contributed by atoms with Crippen LogP contribution in [0.1, 0.15) is 12.5 Å². The van der Waals surface area contributed by atoms with Crippen LogP contribution in [0.25, 0.3) is 6.08 Å². The second-order valence-corrected chi connectivity index (χ2v) is 5.48. The number of para-hydroxylation sites is 1. The van der Waals surface area contributed by atoms with Gasteiger partial charge in [-0.3, -0.25) is 9.59 Å². The third-order valence-corrected chi connectivity index (χ3v) is 3.82. The number of hydrogen-bond donors (Lipinski definition) is 1. The molecule has 2 amide bonds. The van der Waals surface area contributed by atoms with Crippen molar-refractivity contribution in [3.05, 3.63) is 72.3 Å². The molecule has 2 atom stereocenters. The van der Waals surface area contributed by atoms with Crippen LogP contribution in [0.3, 0.4) is 0 Å². The summed E-state index contributed by atoms with van der Waals surface area (Å²) in [6, 6.07) is 18.7. The van der Waals surface area contributed by atoms with Gasteiger partial charge in [0.25, 0.3) is 5.91 Å². The largest absolute Gasteiger partial charge is 0.342 e. The molecule has 3 rings (SSSR count). The van der Waals surface area contributed by atoms with Crippen LogP contribution in [-0.2, 0) is 9.59 Å². The van der Waals surface area contributed by atoms with Gasteiger partial charge in [-0.05, 0) is 17.7 Å². The molecule has 0 bridgehead atoms. The molecule has 0 unspecified atom stereocenters. The van der Waals surface area contributed by atoms with Crippen molar-refractivity contribution in [1.29, 1.82) is 0 Å². The third-order valence-electron chi connectivity index (χ3n) is 3.82. The first-order valence-electron chi connectivity index (χ1n) is 7.55.